The fourth-order valence-corrected chi connectivity index (χ4v) is 3.82. The Balaban J connectivity index is 1.34. The van der Waals surface area contributed by atoms with Crippen molar-refractivity contribution in [3.8, 4) is 11.3 Å². The lowest BCUT2D eigenvalue weighted by Crippen LogP contribution is -2.33. The van der Waals surface area contributed by atoms with Gasteiger partial charge in [-0.25, -0.2) is 0 Å². The van der Waals surface area contributed by atoms with Crippen molar-refractivity contribution in [3.63, 3.8) is 0 Å². The normalized spacial score (nSPS) is 16.2. The van der Waals surface area contributed by atoms with Crippen molar-refractivity contribution in [2.45, 2.75) is 25.8 Å². The summed E-state index contributed by atoms with van der Waals surface area (Å²) in [6, 6.07) is 21.4. The standard InChI is InChI=1S/C22H25N3/c1-3-7-18(8-4-1)15-19-11-13-25(14-12-19)17-21-16-23-24-22(21)20-9-5-2-6-10-20/h1-10,16,19H,11-15,17H2,(H,23,24). The molecule has 0 atom stereocenters. The maximum atomic E-state index is 4.28. The molecule has 1 N–H and O–H groups in total. The lowest BCUT2D eigenvalue weighted by Gasteiger charge is -2.32. The zero-order valence-corrected chi connectivity index (χ0v) is 14.6. The lowest BCUT2D eigenvalue weighted by molar-refractivity contribution is 0.177. The summed E-state index contributed by atoms with van der Waals surface area (Å²) in [5.41, 5.74) is 5.15. The van der Waals surface area contributed by atoms with E-state index in [1.54, 1.807) is 0 Å². The number of nitrogens with zero attached hydrogens (tertiary/aromatic N) is 2. The van der Waals surface area contributed by atoms with Crippen molar-refractivity contribution in [1.82, 2.24) is 15.1 Å². The topological polar surface area (TPSA) is 31.9 Å². The number of nitrogens with one attached hydrogen (secondary N) is 1. The first-order chi connectivity index (χ1) is 12.4. The summed E-state index contributed by atoms with van der Waals surface area (Å²) in [6.45, 7) is 3.34. The van der Waals surface area contributed by atoms with E-state index < -0.39 is 0 Å². The molecule has 1 fully saturated rings. The van der Waals surface area contributed by atoms with Gasteiger partial charge in [-0.3, -0.25) is 10.00 Å². The molecule has 1 aromatic heterocycles. The van der Waals surface area contributed by atoms with Gasteiger partial charge < -0.3 is 0 Å². The third kappa shape index (κ3) is 3.99. The Kier molecular flexibility index (Phi) is 4.93. The van der Waals surface area contributed by atoms with Crippen LogP contribution in [0.15, 0.2) is 66.9 Å². The monoisotopic (exact) mass is 331 g/mol. The van der Waals surface area contributed by atoms with Gasteiger partial charge in [0.05, 0.1) is 11.9 Å². The zero-order chi connectivity index (χ0) is 16.9. The van der Waals surface area contributed by atoms with Gasteiger partial charge in [-0.15, -0.1) is 0 Å². The van der Waals surface area contributed by atoms with E-state index in [1.807, 2.05) is 6.20 Å². The van der Waals surface area contributed by atoms with Crippen LogP contribution < -0.4 is 0 Å². The van der Waals surface area contributed by atoms with Crippen LogP contribution in [0.3, 0.4) is 0 Å². The second kappa shape index (κ2) is 7.66. The fraction of sp³-hybridized carbons (Fsp3) is 0.318. The van der Waals surface area contributed by atoms with Crippen molar-refractivity contribution >= 4 is 0 Å². The van der Waals surface area contributed by atoms with Crippen LogP contribution in [0.5, 0.6) is 0 Å². The Morgan fingerprint density at radius 2 is 1.60 bits per heavy atom. The number of aromatic amines is 1. The second-order valence-corrected chi connectivity index (χ2v) is 7.05. The summed E-state index contributed by atoms with van der Waals surface area (Å²) >= 11 is 0. The number of hydrogen-bond acceptors (Lipinski definition) is 2. The van der Waals surface area contributed by atoms with Gasteiger partial charge in [0.1, 0.15) is 0 Å². The van der Waals surface area contributed by atoms with Crippen LogP contribution >= 0.6 is 0 Å². The summed E-state index contributed by atoms with van der Waals surface area (Å²) in [7, 11) is 0. The van der Waals surface area contributed by atoms with Crippen molar-refractivity contribution in [1.29, 1.82) is 0 Å². The number of aromatic nitrogens is 2. The van der Waals surface area contributed by atoms with Crippen LogP contribution in [0.4, 0.5) is 0 Å². The first kappa shape index (κ1) is 16.1. The smallest absolute Gasteiger partial charge is 0.0695 e. The lowest BCUT2D eigenvalue weighted by atomic mass is 9.90. The highest BCUT2D eigenvalue weighted by atomic mass is 15.2. The molecule has 0 aliphatic carbocycles. The van der Waals surface area contributed by atoms with E-state index in [1.165, 1.54) is 49.0 Å². The molecule has 3 aromatic rings. The van der Waals surface area contributed by atoms with Gasteiger partial charge in [0.25, 0.3) is 0 Å². The van der Waals surface area contributed by atoms with E-state index >= 15 is 0 Å². The van der Waals surface area contributed by atoms with Gasteiger partial charge in [0.2, 0.25) is 0 Å². The molecule has 0 saturated carbocycles. The number of piperidine rings is 1. The van der Waals surface area contributed by atoms with Crippen LogP contribution in [-0.2, 0) is 13.0 Å². The van der Waals surface area contributed by atoms with Crippen LogP contribution in [0.2, 0.25) is 0 Å². The molecule has 0 radical (unpaired) electrons. The van der Waals surface area contributed by atoms with E-state index in [9.17, 15) is 0 Å². The van der Waals surface area contributed by atoms with E-state index in [0.717, 1.165) is 18.2 Å². The third-order valence-electron chi connectivity index (χ3n) is 5.25. The quantitative estimate of drug-likeness (QED) is 0.745. The molecular weight excluding hydrogens is 306 g/mol. The molecule has 4 rings (SSSR count). The minimum Gasteiger partial charge on any atom is -0.299 e. The molecule has 128 valence electrons. The van der Waals surface area contributed by atoms with Crippen LogP contribution in [0.25, 0.3) is 11.3 Å². The minimum absolute atomic E-state index is 0.816. The molecule has 1 aliphatic heterocycles. The largest absolute Gasteiger partial charge is 0.299 e. The number of benzene rings is 2. The maximum absolute atomic E-state index is 4.28. The molecular formula is C22H25N3. The van der Waals surface area contributed by atoms with E-state index in [0.29, 0.717) is 0 Å². The highest BCUT2D eigenvalue weighted by Gasteiger charge is 2.21. The second-order valence-electron chi connectivity index (χ2n) is 7.05. The molecule has 3 nitrogen and oxygen atoms in total. The fourth-order valence-electron chi connectivity index (χ4n) is 3.82. The minimum atomic E-state index is 0.816. The average molecular weight is 331 g/mol. The van der Waals surface area contributed by atoms with E-state index in [-0.39, 0.29) is 0 Å². The average Bonchev–Trinajstić information content (AvgIpc) is 3.13. The Labute approximate surface area is 149 Å². The Morgan fingerprint density at radius 3 is 2.32 bits per heavy atom. The summed E-state index contributed by atoms with van der Waals surface area (Å²) < 4.78 is 0. The van der Waals surface area contributed by atoms with Crippen LogP contribution in [0, 0.1) is 5.92 Å². The van der Waals surface area contributed by atoms with Crippen LogP contribution in [0.1, 0.15) is 24.0 Å². The highest BCUT2D eigenvalue weighted by Crippen LogP contribution is 2.26. The number of rotatable bonds is 5. The Bertz CT molecular complexity index is 771. The van der Waals surface area contributed by atoms with Crippen molar-refractivity contribution in [3.05, 3.63) is 78.0 Å². The number of H-pyrrole nitrogens is 1. The molecule has 0 bridgehead atoms. The molecule has 3 heteroatoms. The molecule has 1 aliphatic rings. The summed E-state index contributed by atoms with van der Waals surface area (Å²) in [5, 5.41) is 7.46. The number of hydrogen-bond donors (Lipinski definition) is 1. The molecule has 0 unspecified atom stereocenters. The Morgan fingerprint density at radius 1 is 0.920 bits per heavy atom. The first-order valence-corrected chi connectivity index (χ1v) is 9.22. The van der Waals surface area contributed by atoms with Gasteiger partial charge in [0, 0.05) is 12.1 Å². The maximum Gasteiger partial charge on any atom is 0.0695 e. The van der Waals surface area contributed by atoms with Gasteiger partial charge in [-0.05, 0) is 49.4 Å². The molecule has 1 saturated heterocycles. The zero-order valence-electron chi connectivity index (χ0n) is 14.6. The van der Waals surface area contributed by atoms with Gasteiger partial charge in [-0.1, -0.05) is 60.7 Å². The summed E-state index contributed by atoms with van der Waals surface area (Å²) in [5.74, 6) is 0.816. The first-order valence-electron chi connectivity index (χ1n) is 9.22. The SMILES string of the molecule is c1ccc(CC2CCN(Cc3cn[nH]c3-c3ccccc3)CC2)cc1. The van der Waals surface area contributed by atoms with Crippen LogP contribution in [-0.4, -0.2) is 28.2 Å². The van der Waals surface area contributed by atoms with Gasteiger partial charge in [0.15, 0.2) is 0 Å². The molecule has 25 heavy (non-hydrogen) atoms. The van der Waals surface area contributed by atoms with Crippen molar-refractivity contribution in [2.75, 3.05) is 13.1 Å². The van der Waals surface area contributed by atoms with Crippen molar-refractivity contribution < 1.29 is 0 Å². The molecule has 2 aromatic carbocycles. The predicted molar refractivity (Wildman–Crippen MR) is 102 cm³/mol. The van der Waals surface area contributed by atoms with Crippen molar-refractivity contribution in [2.24, 2.45) is 5.92 Å². The summed E-state index contributed by atoms with van der Waals surface area (Å²) in [4.78, 5) is 2.57. The van der Waals surface area contributed by atoms with Gasteiger partial charge in [-0.2, -0.15) is 5.10 Å². The highest BCUT2D eigenvalue weighted by molar-refractivity contribution is 5.62. The summed E-state index contributed by atoms with van der Waals surface area (Å²) in [6.07, 6.45) is 5.77. The van der Waals surface area contributed by atoms with Gasteiger partial charge >= 0.3 is 0 Å². The molecule has 2 heterocycles. The predicted octanol–water partition coefficient (Wildman–Crippen LogP) is 4.53. The molecule has 0 spiro atoms. The van der Waals surface area contributed by atoms with E-state index in [2.05, 4.69) is 75.8 Å². The third-order valence-corrected chi connectivity index (χ3v) is 5.25. The molecule has 0 amide bonds. The Hall–Kier alpha value is -2.39. The number of likely N-dealkylation sites (tertiary alicyclic amines) is 1. The van der Waals surface area contributed by atoms with E-state index in [4.69, 9.17) is 0 Å².